The first-order valence-electron chi connectivity index (χ1n) is 10.1. The van der Waals surface area contributed by atoms with Gasteiger partial charge in [-0.3, -0.25) is 4.79 Å². The third kappa shape index (κ3) is 5.64. The van der Waals surface area contributed by atoms with Gasteiger partial charge in [0.25, 0.3) is 0 Å². The highest BCUT2D eigenvalue weighted by atomic mass is 32.2. The fourth-order valence-corrected chi connectivity index (χ4v) is 3.64. The van der Waals surface area contributed by atoms with Gasteiger partial charge in [-0.25, -0.2) is 4.68 Å². The zero-order valence-electron chi connectivity index (χ0n) is 18.2. The van der Waals surface area contributed by atoms with Gasteiger partial charge in [0, 0.05) is 11.3 Å². The summed E-state index contributed by atoms with van der Waals surface area (Å²) in [6.07, 6.45) is 0. The van der Waals surface area contributed by atoms with Gasteiger partial charge in [0.2, 0.25) is 11.1 Å². The summed E-state index contributed by atoms with van der Waals surface area (Å²) in [6.45, 7) is 2.02. The van der Waals surface area contributed by atoms with Crippen LogP contribution in [0.4, 0.5) is 5.69 Å². The number of rotatable bonds is 8. The topological polar surface area (TPSA) is 104 Å². The van der Waals surface area contributed by atoms with Crippen molar-refractivity contribution < 1.29 is 14.3 Å². The highest BCUT2D eigenvalue weighted by Crippen LogP contribution is 2.25. The Kier molecular flexibility index (Phi) is 6.80. The van der Waals surface area contributed by atoms with Crippen LogP contribution in [0.3, 0.4) is 0 Å². The van der Waals surface area contributed by atoms with Crippen LogP contribution in [0.1, 0.15) is 5.56 Å². The molecule has 0 unspecified atom stereocenters. The van der Waals surface area contributed by atoms with Crippen molar-refractivity contribution in [2.75, 3.05) is 24.0 Å². The Morgan fingerprint density at radius 3 is 2.18 bits per heavy atom. The molecular weight excluding hydrogens is 438 g/mol. The van der Waals surface area contributed by atoms with Crippen LogP contribution in [-0.4, -0.2) is 33.6 Å². The van der Waals surface area contributed by atoms with Gasteiger partial charge >= 0.3 is 0 Å². The lowest BCUT2D eigenvalue weighted by Crippen LogP contribution is -2.16. The minimum absolute atomic E-state index is 0.138. The summed E-state index contributed by atoms with van der Waals surface area (Å²) in [5.41, 5.74) is 2.64. The van der Waals surface area contributed by atoms with Gasteiger partial charge in [-0.1, -0.05) is 29.5 Å². The first kappa shape index (κ1) is 22.2. The maximum Gasteiger partial charge on any atom is 0.234 e. The van der Waals surface area contributed by atoms with Crippen LogP contribution < -0.4 is 20.6 Å². The molecule has 1 aromatic heterocycles. The Balaban J connectivity index is 1.31. The zero-order valence-corrected chi connectivity index (χ0v) is 19.0. The van der Waals surface area contributed by atoms with Crippen LogP contribution in [0, 0.1) is 6.92 Å². The maximum absolute atomic E-state index is 12.4. The second-order valence-corrected chi connectivity index (χ2v) is 8.12. The summed E-state index contributed by atoms with van der Waals surface area (Å²) in [5, 5.41) is 11.5. The Morgan fingerprint density at radius 1 is 0.939 bits per heavy atom. The van der Waals surface area contributed by atoms with E-state index in [2.05, 4.69) is 15.5 Å². The summed E-state index contributed by atoms with van der Waals surface area (Å²) >= 11 is 1.21. The number of carbonyl (C=O) groups is 1. The van der Waals surface area contributed by atoms with Crippen molar-refractivity contribution in [2.45, 2.75) is 12.1 Å². The molecular formula is C24H23N5O3S. The molecule has 0 spiro atoms. The molecule has 4 aromatic rings. The Labute approximate surface area is 195 Å². The number of benzene rings is 3. The number of hydrogen-bond acceptors (Lipinski definition) is 7. The maximum atomic E-state index is 12.4. The highest BCUT2D eigenvalue weighted by molar-refractivity contribution is 7.99. The SMILES string of the molecule is COc1ccc(-c2nnc(SCC(=O)Nc3ccc(Oc4ccc(C)cc4)cc3)n2N)cc1. The van der Waals surface area contributed by atoms with Gasteiger partial charge in [0.05, 0.1) is 12.9 Å². The van der Waals surface area contributed by atoms with E-state index in [1.165, 1.54) is 22.0 Å². The van der Waals surface area contributed by atoms with Crippen molar-refractivity contribution in [1.29, 1.82) is 0 Å². The molecule has 0 atom stereocenters. The van der Waals surface area contributed by atoms with Crippen LogP contribution in [0.2, 0.25) is 0 Å². The lowest BCUT2D eigenvalue weighted by atomic mass is 10.2. The second kappa shape index (κ2) is 10.1. The number of nitrogens with two attached hydrogens (primary N) is 1. The zero-order chi connectivity index (χ0) is 23.2. The molecule has 9 heteroatoms. The molecule has 1 heterocycles. The van der Waals surface area contributed by atoms with Crippen molar-refractivity contribution in [3.8, 4) is 28.6 Å². The van der Waals surface area contributed by atoms with Crippen molar-refractivity contribution >= 4 is 23.4 Å². The summed E-state index contributed by atoms with van der Waals surface area (Å²) in [7, 11) is 1.60. The fraction of sp³-hybridized carbons (Fsp3) is 0.125. The molecule has 0 aliphatic heterocycles. The predicted molar refractivity (Wildman–Crippen MR) is 129 cm³/mol. The van der Waals surface area contributed by atoms with Gasteiger partial charge < -0.3 is 20.6 Å². The summed E-state index contributed by atoms with van der Waals surface area (Å²) < 4.78 is 12.3. The van der Waals surface area contributed by atoms with Gasteiger partial charge in [-0.05, 0) is 67.6 Å². The Morgan fingerprint density at radius 2 is 1.55 bits per heavy atom. The number of nitrogens with one attached hydrogen (secondary N) is 1. The number of carbonyl (C=O) groups excluding carboxylic acids is 1. The molecule has 0 bridgehead atoms. The van der Waals surface area contributed by atoms with Crippen LogP contribution >= 0.6 is 11.8 Å². The Bertz CT molecular complexity index is 1220. The largest absolute Gasteiger partial charge is 0.497 e. The third-order valence-electron chi connectivity index (χ3n) is 4.74. The number of hydrogen-bond donors (Lipinski definition) is 2. The van der Waals surface area contributed by atoms with E-state index in [1.807, 2.05) is 55.5 Å². The van der Waals surface area contributed by atoms with Crippen LogP contribution in [-0.2, 0) is 4.79 Å². The van der Waals surface area contributed by atoms with E-state index in [4.69, 9.17) is 15.3 Å². The first-order chi connectivity index (χ1) is 16.0. The number of methoxy groups -OCH3 is 1. The quantitative estimate of drug-likeness (QED) is 0.294. The van der Waals surface area contributed by atoms with E-state index in [1.54, 1.807) is 31.4 Å². The van der Waals surface area contributed by atoms with E-state index >= 15 is 0 Å². The number of aryl methyl sites for hydroxylation is 1. The number of amides is 1. The van der Waals surface area contributed by atoms with E-state index in [-0.39, 0.29) is 11.7 Å². The standard InChI is InChI=1S/C24H23N5O3S/c1-16-3-9-20(10-4-16)32-21-13-7-18(8-14-21)26-22(30)15-33-24-28-27-23(29(24)25)17-5-11-19(31-2)12-6-17/h3-14H,15,25H2,1-2H3,(H,26,30). The lowest BCUT2D eigenvalue weighted by molar-refractivity contribution is -0.113. The van der Waals surface area contributed by atoms with Crippen LogP contribution in [0.25, 0.3) is 11.4 Å². The molecule has 168 valence electrons. The monoisotopic (exact) mass is 461 g/mol. The van der Waals surface area contributed by atoms with Crippen LogP contribution in [0.5, 0.6) is 17.2 Å². The molecule has 0 aliphatic carbocycles. The number of ether oxygens (including phenoxy) is 2. The van der Waals surface area contributed by atoms with Gasteiger partial charge in [0.1, 0.15) is 17.2 Å². The second-order valence-electron chi connectivity index (χ2n) is 7.18. The van der Waals surface area contributed by atoms with Crippen molar-refractivity contribution in [2.24, 2.45) is 0 Å². The summed E-state index contributed by atoms with van der Waals surface area (Å²) in [6, 6.07) is 22.3. The molecule has 4 rings (SSSR count). The fourth-order valence-electron chi connectivity index (χ4n) is 2.99. The molecule has 0 saturated heterocycles. The molecule has 8 nitrogen and oxygen atoms in total. The van der Waals surface area contributed by atoms with Gasteiger partial charge in [0.15, 0.2) is 5.82 Å². The summed E-state index contributed by atoms with van der Waals surface area (Å²) in [5.74, 6) is 8.78. The Hall–Kier alpha value is -3.98. The highest BCUT2D eigenvalue weighted by Gasteiger charge is 2.14. The van der Waals surface area contributed by atoms with Gasteiger partial charge in [-0.2, -0.15) is 0 Å². The summed E-state index contributed by atoms with van der Waals surface area (Å²) in [4.78, 5) is 12.4. The number of anilines is 1. The molecule has 3 N–H and O–H groups in total. The third-order valence-corrected chi connectivity index (χ3v) is 5.68. The minimum Gasteiger partial charge on any atom is -0.497 e. The van der Waals surface area contributed by atoms with E-state index in [0.29, 0.717) is 22.4 Å². The molecule has 1 amide bonds. The molecule has 0 saturated carbocycles. The number of aromatic nitrogens is 3. The lowest BCUT2D eigenvalue weighted by Gasteiger charge is -2.08. The van der Waals surface area contributed by atoms with Crippen molar-refractivity contribution in [1.82, 2.24) is 14.9 Å². The average Bonchev–Trinajstić information content (AvgIpc) is 3.20. The normalized spacial score (nSPS) is 10.6. The van der Waals surface area contributed by atoms with E-state index < -0.39 is 0 Å². The number of thioether (sulfide) groups is 1. The minimum atomic E-state index is -0.179. The molecule has 33 heavy (non-hydrogen) atoms. The first-order valence-corrected chi connectivity index (χ1v) is 11.1. The van der Waals surface area contributed by atoms with Crippen molar-refractivity contribution in [3.05, 3.63) is 78.4 Å². The van der Waals surface area contributed by atoms with Crippen LogP contribution in [0.15, 0.2) is 78.0 Å². The molecule has 0 aliphatic rings. The van der Waals surface area contributed by atoms with Crippen molar-refractivity contribution in [3.63, 3.8) is 0 Å². The molecule has 0 radical (unpaired) electrons. The number of nitrogens with zero attached hydrogens (tertiary/aromatic N) is 3. The predicted octanol–water partition coefficient (Wildman–Crippen LogP) is 4.50. The van der Waals surface area contributed by atoms with E-state index in [9.17, 15) is 4.79 Å². The van der Waals surface area contributed by atoms with Gasteiger partial charge in [-0.15, -0.1) is 10.2 Å². The average molecular weight is 462 g/mol. The smallest absolute Gasteiger partial charge is 0.234 e. The number of nitrogen functional groups attached to an aromatic ring is 1. The van der Waals surface area contributed by atoms with E-state index in [0.717, 1.165) is 17.1 Å². The molecule has 3 aromatic carbocycles. The molecule has 0 fully saturated rings.